The van der Waals surface area contributed by atoms with Crippen molar-refractivity contribution in [2.75, 3.05) is 12.3 Å². The highest BCUT2D eigenvalue weighted by molar-refractivity contribution is 5.54. The van der Waals surface area contributed by atoms with E-state index in [0.29, 0.717) is 5.56 Å². The summed E-state index contributed by atoms with van der Waals surface area (Å²) in [5.74, 6) is -0.500. The number of benzene rings is 1. The van der Waals surface area contributed by atoms with Crippen LogP contribution >= 0.6 is 0 Å². The number of anilines is 1. The Hall–Kier alpha value is -1.17. The first-order chi connectivity index (χ1) is 6.97. The van der Waals surface area contributed by atoms with Gasteiger partial charge in [-0.25, -0.2) is 4.39 Å². The van der Waals surface area contributed by atoms with Gasteiger partial charge in [0.05, 0.1) is 6.10 Å². The van der Waals surface area contributed by atoms with Crippen molar-refractivity contribution < 1.29 is 14.6 Å². The molecule has 5 heteroatoms. The molecule has 0 saturated carbocycles. The SMILES string of the molecule is Cc1cc(F)cc(C(O)C(O)CN)c1N. The molecule has 0 aliphatic carbocycles. The van der Waals surface area contributed by atoms with Crippen molar-refractivity contribution in [2.45, 2.75) is 19.1 Å². The molecule has 0 spiro atoms. The molecule has 2 atom stereocenters. The van der Waals surface area contributed by atoms with Crippen molar-refractivity contribution in [3.05, 3.63) is 29.1 Å². The molecule has 84 valence electrons. The van der Waals surface area contributed by atoms with Crippen LogP contribution in [-0.2, 0) is 0 Å². The number of rotatable bonds is 3. The Labute approximate surface area is 87.3 Å². The predicted molar refractivity (Wildman–Crippen MR) is 55.6 cm³/mol. The average Bonchev–Trinajstić information content (AvgIpc) is 2.21. The van der Waals surface area contributed by atoms with Crippen LogP contribution in [-0.4, -0.2) is 22.9 Å². The zero-order chi connectivity index (χ0) is 11.6. The van der Waals surface area contributed by atoms with Gasteiger partial charge >= 0.3 is 0 Å². The molecule has 6 N–H and O–H groups in total. The minimum Gasteiger partial charge on any atom is -0.398 e. The summed E-state index contributed by atoms with van der Waals surface area (Å²) >= 11 is 0. The number of hydrogen-bond donors (Lipinski definition) is 4. The number of aliphatic hydroxyl groups is 2. The summed E-state index contributed by atoms with van der Waals surface area (Å²) in [4.78, 5) is 0. The summed E-state index contributed by atoms with van der Waals surface area (Å²) in [5, 5.41) is 19.0. The number of aryl methyl sites for hydroxylation is 1. The van der Waals surface area contributed by atoms with E-state index in [9.17, 15) is 14.6 Å². The van der Waals surface area contributed by atoms with Gasteiger partial charge < -0.3 is 21.7 Å². The molecule has 0 heterocycles. The molecule has 0 bridgehead atoms. The third-order valence-corrected chi connectivity index (χ3v) is 2.31. The first-order valence-corrected chi connectivity index (χ1v) is 4.59. The smallest absolute Gasteiger partial charge is 0.123 e. The van der Waals surface area contributed by atoms with Crippen LogP contribution in [0, 0.1) is 12.7 Å². The van der Waals surface area contributed by atoms with Gasteiger partial charge in [0, 0.05) is 17.8 Å². The van der Waals surface area contributed by atoms with Crippen LogP contribution < -0.4 is 11.5 Å². The third kappa shape index (κ3) is 2.44. The molecular weight excluding hydrogens is 199 g/mol. The van der Waals surface area contributed by atoms with Crippen molar-refractivity contribution in [3.8, 4) is 0 Å². The number of nitrogens with two attached hydrogens (primary N) is 2. The van der Waals surface area contributed by atoms with Crippen molar-refractivity contribution in [1.82, 2.24) is 0 Å². The summed E-state index contributed by atoms with van der Waals surface area (Å²) in [6, 6.07) is 2.37. The van der Waals surface area contributed by atoms with Gasteiger partial charge in [0.15, 0.2) is 0 Å². The van der Waals surface area contributed by atoms with Crippen LogP contribution in [0.4, 0.5) is 10.1 Å². The zero-order valence-corrected chi connectivity index (χ0v) is 8.44. The molecule has 2 unspecified atom stereocenters. The number of halogens is 1. The van der Waals surface area contributed by atoms with E-state index in [1.807, 2.05) is 0 Å². The molecule has 0 aromatic heterocycles. The molecule has 1 rings (SSSR count). The van der Waals surface area contributed by atoms with E-state index < -0.39 is 18.0 Å². The Morgan fingerprint density at radius 2 is 2.00 bits per heavy atom. The van der Waals surface area contributed by atoms with Gasteiger partial charge in [-0.1, -0.05) is 0 Å². The lowest BCUT2D eigenvalue weighted by Gasteiger charge is -2.19. The van der Waals surface area contributed by atoms with Gasteiger partial charge in [0.25, 0.3) is 0 Å². The Morgan fingerprint density at radius 3 is 2.53 bits per heavy atom. The normalized spacial score (nSPS) is 15.0. The maximum absolute atomic E-state index is 13.1. The van der Waals surface area contributed by atoms with E-state index in [-0.39, 0.29) is 17.8 Å². The Balaban J connectivity index is 3.13. The van der Waals surface area contributed by atoms with Crippen LogP contribution in [0.25, 0.3) is 0 Å². The molecule has 15 heavy (non-hydrogen) atoms. The molecule has 1 aromatic carbocycles. The van der Waals surface area contributed by atoms with E-state index in [0.717, 1.165) is 6.07 Å². The molecule has 4 nitrogen and oxygen atoms in total. The minimum atomic E-state index is -1.26. The van der Waals surface area contributed by atoms with E-state index in [2.05, 4.69) is 0 Å². The quantitative estimate of drug-likeness (QED) is 0.536. The Bertz CT molecular complexity index is 358. The van der Waals surface area contributed by atoms with Crippen LogP contribution in [0.5, 0.6) is 0 Å². The Kier molecular flexibility index (Phi) is 3.62. The molecule has 0 saturated heterocycles. The maximum Gasteiger partial charge on any atom is 0.123 e. The standard InChI is InChI=1S/C10H15FN2O2/c1-5-2-6(11)3-7(9(5)13)10(15)8(14)4-12/h2-3,8,10,14-15H,4,12-13H2,1H3. The molecule has 0 radical (unpaired) electrons. The summed E-state index contributed by atoms with van der Waals surface area (Å²) in [5.41, 5.74) is 11.8. The van der Waals surface area contributed by atoms with Gasteiger partial charge in [-0.2, -0.15) is 0 Å². The Morgan fingerprint density at radius 1 is 1.40 bits per heavy atom. The second kappa shape index (κ2) is 4.57. The summed E-state index contributed by atoms with van der Waals surface area (Å²) in [6.45, 7) is 1.51. The van der Waals surface area contributed by atoms with Crippen LogP contribution in [0.2, 0.25) is 0 Å². The van der Waals surface area contributed by atoms with E-state index in [1.165, 1.54) is 6.07 Å². The van der Waals surface area contributed by atoms with Gasteiger partial charge in [-0.05, 0) is 24.6 Å². The molecule has 0 amide bonds. The zero-order valence-electron chi connectivity index (χ0n) is 8.44. The number of aliphatic hydroxyl groups excluding tert-OH is 2. The fourth-order valence-corrected chi connectivity index (χ4v) is 1.36. The second-order valence-electron chi connectivity index (χ2n) is 3.47. The molecule has 1 aromatic rings. The summed E-state index contributed by atoms with van der Waals surface area (Å²) in [7, 11) is 0. The topological polar surface area (TPSA) is 92.5 Å². The molecule has 0 aliphatic heterocycles. The highest BCUT2D eigenvalue weighted by Crippen LogP contribution is 2.26. The van der Waals surface area contributed by atoms with Crippen molar-refractivity contribution in [2.24, 2.45) is 5.73 Å². The maximum atomic E-state index is 13.1. The monoisotopic (exact) mass is 214 g/mol. The number of hydrogen-bond acceptors (Lipinski definition) is 4. The first kappa shape index (κ1) is 11.9. The van der Waals surface area contributed by atoms with Crippen molar-refractivity contribution >= 4 is 5.69 Å². The fraction of sp³-hybridized carbons (Fsp3) is 0.400. The second-order valence-corrected chi connectivity index (χ2v) is 3.47. The van der Waals surface area contributed by atoms with Crippen LogP contribution in [0.1, 0.15) is 17.2 Å². The molecule has 0 aliphatic rings. The van der Waals surface area contributed by atoms with Gasteiger partial charge in [-0.3, -0.25) is 0 Å². The van der Waals surface area contributed by atoms with Gasteiger partial charge in [0.1, 0.15) is 11.9 Å². The van der Waals surface area contributed by atoms with Crippen molar-refractivity contribution in [1.29, 1.82) is 0 Å². The molecule has 0 fully saturated rings. The first-order valence-electron chi connectivity index (χ1n) is 4.59. The van der Waals surface area contributed by atoms with E-state index in [1.54, 1.807) is 6.92 Å². The van der Waals surface area contributed by atoms with E-state index >= 15 is 0 Å². The lowest BCUT2D eigenvalue weighted by Crippen LogP contribution is -2.28. The number of nitrogen functional groups attached to an aromatic ring is 1. The summed E-state index contributed by atoms with van der Waals surface area (Å²) in [6.07, 6.45) is -2.40. The van der Waals surface area contributed by atoms with Gasteiger partial charge in [-0.15, -0.1) is 0 Å². The van der Waals surface area contributed by atoms with Crippen LogP contribution in [0.3, 0.4) is 0 Å². The average molecular weight is 214 g/mol. The highest BCUT2D eigenvalue weighted by Gasteiger charge is 2.20. The van der Waals surface area contributed by atoms with Crippen LogP contribution in [0.15, 0.2) is 12.1 Å². The van der Waals surface area contributed by atoms with Crippen molar-refractivity contribution in [3.63, 3.8) is 0 Å². The fourth-order valence-electron chi connectivity index (χ4n) is 1.36. The highest BCUT2D eigenvalue weighted by atomic mass is 19.1. The predicted octanol–water partition coefficient (Wildman–Crippen LogP) is 0.0693. The minimum absolute atomic E-state index is 0.115. The van der Waals surface area contributed by atoms with Gasteiger partial charge in [0.2, 0.25) is 0 Å². The third-order valence-electron chi connectivity index (χ3n) is 2.31. The summed E-state index contributed by atoms with van der Waals surface area (Å²) < 4.78 is 13.1. The largest absolute Gasteiger partial charge is 0.398 e. The molecular formula is C10H15FN2O2. The lowest BCUT2D eigenvalue weighted by molar-refractivity contribution is 0.0246. The van der Waals surface area contributed by atoms with E-state index in [4.69, 9.17) is 11.5 Å². The lowest BCUT2D eigenvalue weighted by atomic mass is 9.99.